The number of hydrogen-bond donors (Lipinski definition) is 1. The summed E-state index contributed by atoms with van der Waals surface area (Å²) < 4.78 is 5.29. The van der Waals surface area contributed by atoms with Gasteiger partial charge in [-0.15, -0.1) is 0 Å². The lowest BCUT2D eigenvalue weighted by Crippen LogP contribution is -2.49. The highest BCUT2D eigenvalue weighted by Crippen LogP contribution is 2.20. The van der Waals surface area contributed by atoms with Crippen LogP contribution >= 0.6 is 0 Å². The number of piperidine rings is 2. The maximum atomic E-state index is 12.4. The minimum Gasteiger partial charge on any atom is -0.384 e. The monoisotopic (exact) mass is 297 g/mol. The molecule has 0 saturated carbocycles. The molecule has 2 fully saturated rings. The molecule has 0 spiro atoms. The summed E-state index contributed by atoms with van der Waals surface area (Å²) in [5.41, 5.74) is 5.96. The number of methoxy groups -OCH3 is 1. The number of hydrogen-bond acceptors (Lipinski definition) is 4. The van der Waals surface area contributed by atoms with E-state index < -0.39 is 0 Å². The van der Waals surface area contributed by atoms with Gasteiger partial charge >= 0.3 is 0 Å². The van der Waals surface area contributed by atoms with E-state index in [1.807, 2.05) is 4.90 Å². The van der Waals surface area contributed by atoms with Gasteiger partial charge in [0.1, 0.15) is 0 Å². The molecule has 0 aromatic carbocycles. The van der Waals surface area contributed by atoms with Gasteiger partial charge in [0.25, 0.3) is 0 Å². The average Bonchev–Trinajstić information content (AvgIpc) is 2.54. The second-order valence-electron chi connectivity index (χ2n) is 6.49. The minimum absolute atomic E-state index is 0.194. The van der Waals surface area contributed by atoms with Crippen LogP contribution in [0.2, 0.25) is 0 Å². The fourth-order valence-electron chi connectivity index (χ4n) is 3.64. The Morgan fingerprint density at radius 2 is 2.00 bits per heavy atom. The first-order valence-electron chi connectivity index (χ1n) is 8.45. The third kappa shape index (κ3) is 4.94. The summed E-state index contributed by atoms with van der Waals surface area (Å²) in [5, 5.41) is 0. The molecule has 0 aliphatic carbocycles. The van der Waals surface area contributed by atoms with Crippen LogP contribution < -0.4 is 5.73 Å². The van der Waals surface area contributed by atoms with Crippen molar-refractivity contribution >= 4 is 5.91 Å². The lowest BCUT2D eigenvalue weighted by molar-refractivity contribution is -0.133. The topological polar surface area (TPSA) is 58.8 Å². The molecule has 2 rings (SSSR count). The van der Waals surface area contributed by atoms with Crippen LogP contribution in [-0.4, -0.2) is 68.2 Å². The van der Waals surface area contributed by atoms with Gasteiger partial charge in [0.05, 0.1) is 6.61 Å². The summed E-state index contributed by atoms with van der Waals surface area (Å²) in [6.45, 7) is 5.33. The Morgan fingerprint density at radius 1 is 1.24 bits per heavy atom. The Labute approximate surface area is 128 Å². The SMILES string of the molecule is COCC1CCCN(C(CN)CC(=O)N2CCCCC2)C1. The van der Waals surface area contributed by atoms with Crippen LogP contribution in [0.1, 0.15) is 38.5 Å². The van der Waals surface area contributed by atoms with Crippen molar-refractivity contribution in [3.63, 3.8) is 0 Å². The zero-order chi connectivity index (χ0) is 15.1. The Hall–Kier alpha value is -0.650. The van der Waals surface area contributed by atoms with Gasteiger partial charge in [-0.2, -0.15) is 0 Å². The molecule has 2 saturated heterocycles. The third-order valence-electron chi connectivity index (χ3n) is 4.86. The van der Waals surface area contributed by atoms with E-state index >= 15 is 0 Å². The molecule has 5 nitrogen and oxygen atoms in total. The van der Waals surface area contributed by atoms with Crippen LogP contribution in [-0.2, 0) is 9.53 Å². The molecule has 1 amide bonds. The predicted molar refractivity (Wildman–Crippen MR) is 84.1 cm³/mol. The smallest absolute Gasteiger partial charge is 0.224 e. The van der Waals surface area contributed by atoms with Crippen LogP contribution in [0.15, 0.2) is 0 Å². The summed E-state index contributed by atoms with van der Waals surface area (Å²) in [6.07, 6.45) is 6.55. The summed E-state index contributed by atoms with van der Waals surface area (Å²) in [7, 11) is 1.76. The first-order chi connectivity index (χ1) is 10.2. The number of rotatable bonds is 6. The zero-order valence-electron chi connectivity index (χ0n) is 13.4. The number of nitrogens with two attached hydrogens (primary N) is 1. The second kappa shape index (κ2) is 8.71. The van der Waals surface area contributed by atoms with E-state index in [0.717, 1.165) is 45.6 Å². The van der Waals surface area contributed by atoms with E-state index in [1.165, 1.54) is 19.3 Å². The van der Waals surface area contributed by atoms with Gasteiger partial charge in [0.2, 0.25) is 5.91 Å². The molecule has 2 aliphatic rings. The molecule has 2 N–H and O–H groups in total. The molecule has 122 valence electrons. The molecule has 2 heterocycles. The van der Waals surface area contributed by atoms with Crippen LogP contribution in [0.3, 0.4) is 0 Å². The van der Waals surface area contributed by atoms with E-state index in [0.29, 0.717) is 24.8 Å². The van der Waals surface area contributed by atoms with Crippen molar-refractivity contribution in [1.82, 2.24) is 9.80 Å². The van der Waals surface area contributed by atoms with Gasteiger partial charge in [-0.05, 0) is 44.6 Å². The summed E-state index contributed by atoms with van der Waals surface area (Å²) >= 11 is 0. The lowest BCUT2D eigenvalue weighted by atomic mass is 9.96. The van der Waals surface area contributed by atoms with Gasteiger partial charge in [0.15, 0.2) is 0 Å². The van der Waals surface area contributed by atoms with Crippen molar-refractivity contribution in [2.24, 2.45) is 11.7 Å². The fourth-order valence-corrected chi connectivity index (χ4v) is 3.64. The maximum absolute atomic E-state index is 12.4. The summed E-state index contributed by atoms with van der Waals surface area (Å²) in [4.78, 5) is 16.9. The fraction of sp³-hybridized carbons (Fsp3) is 0.938. The highest BCUT2D eigenvalue weighted by Gasteiger charge is 2.28. The Kier molecular flexibility index (Phi) is 6.93. The van der Waals surface area contributed by atoms with Crippen molar-refractivity contribution in [2.45, 2.75) is 44.6 Å². The molecule has 0 aromatic rings. The lowest BCUT2D eigenvalue weighted by Gasteiger charge is -2.38. The van der Waals surface area contributed by atoms with E-state index in [9.17, 15) is 4.79 Å². The van der Waals surface area contributed by atoms with Gasteiger partial charge < -0.3 is 15.4 Å². The second-order valence-corrected chi connectivity index (χ2v) is 6.49. The molecule has 5 heteroatoms. The van der Waals surface area contributed by atoms with E-state index in [1.54, 1.807) is 7.11 Å². The number of nitrogens with zero attached hydrogens (tertiary/aromatic N) is 2. The van der Waals surface area contributed by atoms with E-state index in [2.05, 4.69) is 4.90 Å². The van der Waals surface area contributed by atoms with E-state index in [4.69, 9.17) is 10.5 Å². The maximum Gasteiger partial charge on any atom is 0.224 e. The van der Waals surface area contributed by atoms with Crippen molar-refractivity contribution < 1.29 is 9.53 Å². The first kappa shape index (κ1) is 16.7. The zero-order valence-corrected chi connectivity index (χ0v) is 13.4. The molecule has 0 radical (unpaired) electrons. The number of likely N-dealkylation sites (tertiary alicyclic amines) is 2. The number of carbonyl (C=O) groups is 1. The highest BCUT2D eigenvalue weighted by molar-refractivity contribution is 5.77. The minimum atomic E-state index is 0.194. The largest absolute Gasteiger partial charge is 0.384 e. The number of ether oxygens (including phenoxy) is 1. The van der Waals surface area contributed by atoms with Gasteiger partial charge in [-0.3, -0.25) is 9.69 Å². The predicted octanol–water partition coefficient (Wildman–Crippen LogP) is 1.07. The van der Waals surface area contributed by atoms with Crippen LogP contribution in [0.5, 0.6) is 0 Å². The Morgan fingerprint density at radius 3 is 2.67 bits per heavy atom. The van der Waals surface area contributed by atoms with Crippen LogP contribution in [0.25, 0.3) is 0 Å². The number of amides is 1. The van der Waals surface area contributed by atoms with E-state index in [-0.39, 0.29) is 6.04 Å². The van der Waals surface area contributed by atoms with Crippen LogP contribution in [0.4, 0.5) is 0 Å². The molecule has 0 bridgehead atoms. The van der Waals surface area contributed by atoms with Crippen molar-refractivity contribution in [3.8, 4) is 0 Å². The Balaban J connectivity index is 1.84. The van der Waals surface area contributed by atoms with Crippen molar-refractivity contribution in [1.29, 1.82) is 0 Å². The average molecular weight is 297 g/mol. The quantitative estimate of drug-likeness (QED) is 0.797. The first-order valence-corrected chi connectivity index (χ1v) is 8.45. The Bertz CT molecular complexity index is 317. The highest BCUT2D eigenvalue weighted by atomic mass is 16.5. The van der Waals surface area contributed by atoms with Gasteiger partial charge in [-0.25, -0.2) is 0 Å². The number of carbonyl (C=O) groups excluding carboxylic acids is 1. The molecule has 2 atom stereocenters. The summed E-state index contributed by atoms with van der Waals surface area (Å²) in [5.74, 6) is 0.877. The van der Waals surface area contributed by atoms with Crippen molar-refractivity contribution in [2.75, 3.05) is 46.4 Å². The normalized spacial score (nSPS) is 25.8. The van der Waals surface area contributed by atoms with Gasteiger partial charge in [-0.1, -0.05) is 0 Å². The molecular formula is C16H31N3O2. The molecule has 2 aliphatic heterocycles. The molecule has 21 heavy (non-hydrogen) atoms. The molecule has 2 unspecified atom stereocenters. The summed E-state index contributed by atoms with van der Waals surface area (Å²) in [6, 6.07) is 0.194. The van der Waals surface area contributed by atoms with Crippen LogP contribution in [0, 0.1) is 5.92 Å². The standard InChI is InChI=1S/C16H31N3O2/c1-21-13-14-6-5-9-19(12-14)15(11-17)10-16(20)18-7-3-2-4-8-18/h14-15H,2-13,17H2,1H3. The molecule has 0 aromatic heterocycles. The molecular weight excluding hydrogens is 266 g/mol. The van der Waals surface area contributed by atoms with Crippen molar-refractivity contribution in [3.05, 3.63) is 0 Å². The van der Waals surface area contributed by atoms with Gasteiger partial charge in [0, 0.05) is 45.8 Å². The third-order valence-corrected chi connectivity index (χ3v) is 4.86.